The zero-order chi connectivity index (χ0) is 13.9. The van der Waals surface area contributed by atoms with E-state index >= 15 is 0 Å². The standard InChI is InChI=1S/C13H22N2O2S2/c1-3-11-7-9-15(10-11)19(16,17)13-5-4-12(18-13)6-8-14-2/h4-5,11,14H,3,6-10H2,1-2H3. The van der Waals surface area contributed by atoms with Gasteiger partial charge in [-0.25, -0.2) is 8.42 Å². The maximum Gasteiger partial charge on any atom is 0.252 e. The quantitative estimate of drug-likeness (QED) is 0.873. The molecule has 0 aliphatic carbocycles. The highest BCUT2D eigenvalue weighted by atomic mass is 32.2. The van der Waals surface area contributed by atoms with Crippen molar-refractivity contribution in [1.29, 1.82) is 0 Å². The molecule has 0 bridgehead atoms. The lowest BCUT2D eigenvalue weighted by Gasteiger charge is -2.14. The van der Waals surface area contributed by atoms with Crippen LogP contribution in [-0.4, -0.2) is 39.4 Å². The normalized spacial score (nSPS) is 21.1. The van der Waals surface area contributed by atoms with Gasteiger partial charge in [0.15, 0.2) is 0 Å². The molecule has 6 heteroatoms. The van der Waals surface area contributed by atoms with Crippen LogP contribution in [0.25, 0.3) is 0 Å². The number of thiophene rings is 1. The third-order valence-electron chi connectivity index (χ3n) is 3.68. The van der Waals surface area contributed by atoms with Gasteiger partial charge in [0.25, 0.3) is 10.0 Å². The van der Waals surface area contributed by atoms with Crippen molar-refractivity contribution < 1.29 is 8.42 Å². The molecule has 0 radical (unpaired) electrons. The Morgan fingerprint density at radius 2 is 2.26 bits per heavy atom. The third-order valence-corrected chi connectivity index (χ3v) is 7.16. The summed E-state index contributed by atoms with van der Waals surface area (Å²) < 4.78 is 27.2. The van der Waals surface area contributed by atoms with E-state index in [-0.39, 0.29) is 0 Å². The highest BCUT2D eigenvalue weighted by molar-refractivity contribution is 7.91. The predicted molar refractivity (Wildman–Crippen MR) is 79.1 cm³/mol. The van der Waals surface area contributed by atoms with Gasteiger partial charge in [0, 0.05) is 18.0 Å². The first kappa shape index (κ1) is 15.0. The third kappa shape index (κ3) is 3.37. The van der Waals surface area contributed by atoms with Crippen LogP contribution in [0.1, 0.15) is 24.6 Å². The Hall–Kier alpha value is -0.430. The van der Waals surface area contributed by atoms with E-state index in [1.165, 1.54) is 11.3 Å². The Labute approximate surface area is 119 Å². The Morgan fingerprint density at radius 3 is 2.89 bits per heavy atom. The first-order valence-electron chi connectivity index (χ1n) is 6.81. The van der Waals surface area contributed by atoms with Gasteiger partial charge < -0.3 is 5.32 Å². The molecule has 1 atom stereocenters. The topological polar surface area (TPSA) is 49.4 Å². The van der Waals surface area contributed by atoms with Crippen LogP contribution in [0.3, 0.4) is 0 Å². The van der Waals surface area contributed by atoms with Gasteiger partial charge in [-0.05, 0) is 44.5 Å². The molecule has 1 saturated heterocycles. The van der Waals surface area contributed by atoms with Crippen molar-refractivity contribution in [1.82, 2.24) is 9.62 Å². The highest BCUT2D eigenvalue weighted by Crippen LogP contribution is 2.29. The molecule has 0 amide bonds. The molecule has 19 heavy (non-hydrogen) atoms. The number of nitrogens with one attached hydrogen (secondary N) is 1. The van der Waals surface area contributed by atoms with Crippen LogP contribution in [0.4, 0.5) is 0 Å². The number of sulfonamides is 1. The largest absolute Gasteiger partial charge is 0.319 e. The summed E-state index contributed by atoms with van der Waals surface area (Å²) in [4.78, 5) is 1.12. The van der Waals surface area contributed by atoms with E-state index < -0.39 is 10.0 Å². The number of nitrogens with zero attached hydrogens (tertiary/aromatic N) is 1. The molecule has 1 aromatic heterocycles. The summed E-state index contributed by atoms with van der Waals surface area (Å²) in [7, 11) is -1.35. The zero-order valence-electron chi connectivity index (χ0n) is 11.6. The van der Waals surface area contributed by atoms with Crippen molar-refractivity contribution in [3.05, 3.63) is 17.0 Å². The van der Waals surface area contributed by atoms with E-state index in [0.29, 0.717) is 23.2 Å². The first-order valence-corrected chi connectivity index (χ1v) is 9.07. The van der Waals surface area contributed by atoms with Crippen molar-refractivity contribution in [3.8, 4) is 0 Å². The average Bonchev–Trinajstić information content (AvgIpc) is 3.05. The maximum absolute atomic E-state index is 12.5. The second-order valence-electron chi connectivity index (χ2n) is 5.00. The van der Waals surface area contributed by atoms with Crippen molar-refractivity contribution in [3.63, 3.8) is 0 Å². The number of likely N-dealkylation sites (N-methyl/N-ethyl adjacent to an activating group) is 1. The van der Waals surface area contributed by atoms with Gasteiger partial charge in [-0.2, -0.15) is 4.31 Å². The van der Waals surface area contributed by atoms with E-state index in [0.717, 1.165) is 30.7 Å². The van der Waals surface area contributed by atoms with Gasteiger partial charge in [0.05, 0.1) is 0 Å². The summed E-state index contributed by atoms with van der Waals surface area (Å²) in [6.07, 6.45) is 2.94. The second kappa shape index (κ2) is 6.35. The molecule has 2 heterocycles. The van der Waals surface area contributed by atoms with Crippen LogP contribution in [0.2, 0.25) is 0 Å². The van der Waals surface area contributed by atoms with Crippen molar-refractivity contribution >= 4 is 21.4 Å². The Balaban J connectivity index is 2.09. The SMILES string of the molecule is CCC1CCN(S(=O)(=O)c2ccc(CCNC)s2)C1. The number of hydrogen-bond acceptors (Lipinski definition) is 4. The highest BCUT2D eigenvalue weighted by Gasteiger charge is 2.32. The fourth-order valence-electron chi connectivity index (χ4n) is 2.36. The smallest absolute Gasteiger partial charge is 0.252 e. The molecular weight excluding hydrogens is 280 g/mol. The predicted octanol–water partition coefficient (Wildman–Crippen LogP) is 1.93. The van der Waals surface area contributed by atoms with Crippen molar-refractivity contribution in [2.24, 2.45) is 5.92 Å². The minimum atomic E-state index is -3.25. The average molecular weight is 302 g/mol. The summed E-state index contributed by atoms with van der Waals surface area (Å²) in [6, 6.07) is 3.69. The molecule has 0 spiro atoms. The van der Waals surface area contributed by atoms with Crippen molar-refractivity contribution in [2.45, 2.75) is 30.4 Å². The van der Waals surface area contributed by atoms with Gasteiger partial charge in [-0.15, -0.1) is 11.3 Å². The monoisotopic (exact) mass is 302 g/mol. The fraction of sp³-hybridized carbons (Fsp3) is 0.692. The molecule has 108 valence electrons. The lowest BCUT2D eigenvalue weighted by molar-refractivity contribution is 0.454. The van der Waals surface area contributed by atoms with Gasteiger partial charge in [-0.1, -0.05) is 13.3 Å². The lowest BCUT2D eigenvalue weighted by Crippen LogP contribution is -2.28. The summed E-state index contributed by atoms with van der Waals surface area (Å²) in [6.45, 7) is 4.36. The molecule has 2 rings (SSSR count). The Bertz CT molecular complexity index is 510. The Morgan fingerprint density at radius 1 is 1.47 bits per heavy atom. The molecule has 1 aliphatic rings. The van der Waals surface area contributed by atoms with E-state index in [4.69, 9.17) is 0 Å². The maximum atomic E-state index is 12.5. The minimum absolute atomic E-state index is 0.496. The molecule has 4 nitrogen and oxygen atoms in total. The molecule has 0 saturated carbocycles. The van der Waals surface area contributed by atoms with Crippen molar-refractivity contribution in [2.75, 3.05) is 26.7 Å². The van der Waals surface area contributed by atoms with Crippen LogP contribution in [-0.2, 0) is 16.4 Å². The summed E-state index contributed by atoms with van der Waals surface area (Å²) >= 11 is 1.41. The number of rotatable bonds is 6. The van der Waals surface area contributed by atoms with E-state index in [2.05, 4.69) is 12.2 Å². The van der Waals surface area contributed by atoms with Gasteiger partial charge in [0.1, 0.15) is 4.21 Å². The molecule has 1 aliphatic heterocycles. The van der Waals surface area contributed by atoms with E-state index in [9.17, 15) is 8.42 Å². The first-order chi connectivity index (χ1) is 9.07. The van der Waals surface area contributed by atoms with E-state index in [1.54, 1.807) is 10.4 Å². The van der Waals surface area contributed by atoms with E-state index in [1.807, 2.05) is 13.1 Å². The lowest BCUT2D eigenvalue weighted by atomic mass is 10.1. The van der Waals surface area contributed by atoms with Gasteiger partial charge in [-0.3, -0.25) is 0 Å². The van der Waals surface area contributed by atoms with Crippen LogP contribution < -0.4 is 5.32 Å². The minimum Gasteiger partial charge on any atom is -0.319 e. The summed E-state index contributed by atoms with van der Waals surface area (Å²) in [5.41, 5.74) is 0. The second-order valence-corrected chi connectivity index (χ2v) is 8.33. The van der Waals surface area contributed by atoms with Crippen LogP contribution in [0.15, 0.2) is 16.3 Å². The van der Waals surface area contributed by atoms with Crippen LogP contribution >= 0.6 is 11.3 Å². The molecule has 1 aromatic rings. The Kier molecular flexibility index (Phi) is 5.00. The molecule has 0 aromatic carbocycles. The molecular formula is C13H22N2O2S2. The summed E-state index contributed by atoms with van der Waals surface area (Å²) in [5, 5.41) is 3.08. The van der Waals surface area contributed by atoms with Crippen LogP contribution in [0.5, 0.6) is 0 Å². The molecule has 1 N–H and O–H groups in total. The number of hydrogen-bond donors (Lipinski definition) is 1. The van der Waals surface area contributed by atoms with Gasteiger partial charge in [0.2, 0.25) is 0 Å². The molecule has 1 fully saturated rings. The molecule has 1 unspecified atom stereocenters. The summed E-state index contributed by atoms with van der Waals surface area (Å²) in [5.74, 6) is 0.526. The fourth-order valence-corrected chi connectivity index (χ4v) is 5.40. The van der Waals surface area contributed by atoms with Crippen LogP contribution in [0, 0.1) is 5.92 Å². The zero-order valence-corrected chi connectivity index (χ0v) is 13.2. The van der Waals surface area contributed by atoms with Gasteiger partial charge >= 0.3 is 0 Å².